The first-order valence-corrected chi connectivity index (χ1v) is 8.28. The summed E-state index contributed by atoms with van der Waals surface area (Å²) in [5.41, 5.74) is 8.36. The molecule has 0 amide bonds. The minimum absolute atomic E-state index is 0.648. The average Bonchev–Trinajstić information content (AvgIpc) is 2.92. The van der Waals surface area contributed by atoms with Crippen molar-refractivity contribution in [2.24, 2.45) is 0 Å². The molecule has 0 bridgehead atoms. The van der Waals surface area contributed by atoms with Crippen LogP contribution in [0.3, 0.4) is 0 Å². The molecule has 3 heteroatoms. The van der Waals surface area contributed by atoms with Crippen LogP contribution in [0.1, 0.15) is 39.7 Å². The molecule has 0 aliphatic rings. The van der Waals surface area contributed by atoms with E-state index in [2.05, 4.69) is 45.9 Å². The summed E-state index contributed by atoms with van der Waals surface area (Å²) in [6.07, 6.45) is 2.90. The number of rotatable bonds is 4. The topological polar surface area (TPSA) is 30.7 Å². The quantitative estimate of drug-likeness (QED) is 0.629. The summed E-state index contributed by atoms with van der Waals surface area (Å²) in [6, 6.07) is 8.34. The second kappa shape index (κ2) is 6.16. The van der Waals surface area contributed by atoms with E-state index in [1.165, 1.54) is 5.56 Å². The molecule has 0 saturated heterocycles. The molecule has 0 saturated carbocycles. The molecule has 124 valence electrons. The molecule has 24 heavy (non-hydrogen) atoms. The third kappa shape index (κ3) is 2.50. The standard InChI is InChI=1S/C21H23NO2/c1-6-24-21-14(3)10-18(15(4)16(21)5)19-11-17-9-13(2)7-8-22(17)20(19)12-23/h7-12H,6H2,1-5H3. The zero-order valence-electron chi connectivity index (χ0n) is 14.9. The number of pyridine rings is 1. The molecule has 3 nitrogen and oxygen atoms in total. The molecular weight excluding hydrogens is 298 g/mol. The van der Waals surface area contributed by atoms with Crippen LogP contribution in [0.15, 0.2) is 30.5 Å². The Morgan fingerprint density at radius 2 is 1.79 bits per heavy atom. The van der Waals surface area contributed by atoms with E-state index in [9.17, 15) is 4.79 Å². The van der Waals surface area contributed by atoms with Crippen molar-refractivity contribution < 1.29 is 9.53 Å². The SMILES string of the molecule is CCOc1c(C)cc(-c2cc3cc(C)ccn3c2C=O)c(C)c1C. The van der Waals surface area contributed by atoms with Crippen LogP contribution in [0.2, 0.25) is 0 Å². The first-order chi connectivity index (χ1) is 11.5. The van der Waals surface area contributed by atoms with Crippen LogP contribution in [0.5, 0.6) is 5.75 Å². The van der Waals surface area contributed by atoms with Gasteiger partial charge in [0, 0.05) is 17.3 Å². The number of carbonyl (C=O) groups is 1. The van der Waals surface area contributed by atoms with Crippen molar-refractivity contribution in [1.29, 1.82) is 0 Å². The lowest BCUT2D eigenvalue weighted by atomic mass is 9.93. The highest BCUT2D eigenvalue weighted by molar-refractivity contribution is 5.91. The van der Waals surface area contributed by atoms with E-state index in [1.54, 1.807) is 0 Å². The smallest absolute Gasteiger partial charge is 0.167 e. The lowest BCUT2D eigenvalue weighted by Gasteiger charge is -2.16. The monoisotopic (exact) mass is 321 g/mol. The molecule has 3 aromatic rings. The van der Waals surface area contributed by atoms with E-state index < -0.39 is 0 Å². The number of aromatic nitrogens is 1. The second-order valence-electron chi connectivity index (χ2n) is 6.31. The van der Waals surface area contributed by atoms with Crippen molar-refractivity contribution >= 4 is 11.8 Å². The van der Waals surface area contributed by atoms with E-state index in [4.69, 9.17) is 4.74 Å². The Labute approximate surface area is 142 Å². The van der Waals surface area contributed by atoms with Crippen LogP contribution in [-0.2, 0) is 0 Å². The van der Waals surface area contributed by atoms with Crippen LogP contribution in [0.25, 0.3) is 16.6 Å². The summed E-state index contributed by atoms with van der Waals surface area (Å²) < 4.78 is 7.75. The molecule has 3 rings (SSSR count). The number of hydrogen-bond acceptors (Lipinski definition) is 2. The molecule has 0 unspecified atom stereocenters. The fourth-order valence-corrected chi connectivity index (χ4v) is 3.35. The van der Waals surface area contributed by atoms with E-state index in [-0.39, 0.29) is 0 Å². The molecule has 1 aromatic carbocycles. The molecule has 0 aliphatic carbocycles. The van der Waals surface area contributed by atoms with Crippen molar-refractivity contribution in [3.63, 3.8) is 0 Å². The predicted molar refractivity (Wildman–Crippen MR) is 98.3 cm³/mol. The van der Waals surface area contributed by atoms with Gasteiger partial charge >= 0.3 is 0 Å². The molecule has 0 atom stereocenters. The number of benzene rings is 1. The minimum atomic E-state index is 0.648. The molecule has 0 spiro atoms. The summed E-state index contributed by atoms with van der Waals surface area (Å²) in [5.74, 6) is 0.950. The summed E-state index contributed by atoms with van der Waals surface area (Å²) in [4.78, 5) is 11.8. The van der Waals surface area contributed by atoms with Crippen molar-refractivity contribution in [2.75, 3.05) is 6.61 Å². The van der Waals surface area contributed by atoms with Crippen LogP contribution >= 0.6 is 0 Å². The fourth-order valence-electron chi connectivity index (χ4n) is 3.35. The molecule has 0 fully saturated rings. The van der Waals surface area contributed by atoms with E-state index >= 15 is 0 Å². The number of carbonyl (C=O) groups excluding carboxylic acids is 1. The molecule has 2 heterocycles. The molecule has 2 aromatic heterocycles. The third-order valence-corrected chi connectivity index (χ3v) is 4.68. The first kappa shape index (κ1) is 16.3. The summed E-state index contributed by atoms with van der Waals surface area (Å²) >= 11 is 0. The largest absolute Gasteiger partial charge is 0.493 e. The number of ether oxygens (including phenoxy) is 1. The zero-order valence-corrected chi connectivity index (χ0v) is 14.9. The number of aryl methyl sites for hydroxylation is 2. The molecular formula is C21H23NO2. The Kier molecular flexibility index (Phi) is 4.18. The molecule has 0 aliphatic heterocycles. The van der Waals surface area contributed by atoms with Gasteiger partial charge in [0.05, 0.1) is 12.3 Å². The number of fused-ring (bicyclic) bond motifs is 1. The summed E-state index contributed by atoms with van der Waals surface area (Å²) in [7, 11) is 0. The van der Waals surface area contributed by atoms with Crippen molar-refractivity contribution in [1.82, 2.24) is 4.40 Å². The Morgan fingerprint density at radius 1 is 1.04 bits per heavy atom. The highest BCUT2D eigenvalue weighted by Crippen LogP contribution is 2.36. The Bertz CT molecular complexity index is 935. The maximum atomic E-state index is 11.8. The van der Waals surface area contributed by atoms with Crippen LogP contribution in [0.4, 0.5) is 0 Å². The normalized spacial score (nSPS) is 11.0. The van der Waals surface area contributed by atoms with E-state index in [0.29, 0.717) is 12.3 Å². The molecule has 0 N–H and O–H groups in total. The van der Waals surface area contributed by atoms with Gasteiger partial charge < -0.3 is 9.14 Å². The van der Waals surface area contributed by atoms with E-state index in [1.807, 2.05) is 23.6 Å². The van der Waals surface area contributed by atoms with Gasteiger partial charge in [0.25, 0.3) is 0 Å². The van der Waals surface area contributed by atoms with Crippen LogP contribution in [0, 0.1) is 27.7 Å². The third-order valence-electron chi connectivity index (χ3n) is 4.68. The Morgan fingerprint density at radius 3 is 2.46 bits per heavy atom. The fraction of sp³-hybridized carbons (Fsp3) is 0.286. The second-order valence-corrected chi connectivity index (χ2v) is 6.31. The number of aldehydes is 1. The lowest BCUT2D eigenvalue weighted by molar-refractivity contribution is 0.111. The molecule has 0 radical (unpaired) electrons. The lowest BCUT2D eigenvalue weighted by Crippen LogP contribution is -2.01. The maximum Gasteiger partial charge on any atom is 0.167 e. The highest BCUT2D eigenvalue weighted by Gasteiger charge is 2.17. The van der Waals surface area contributed by atoms with Gasteiger partial charge in [-0.1, -0.05) is 0 Å². The Hall–Kier alpha value is -2.55. The Balaban J connectivity index is 2.30. The van der Waals surface area contributed by atoms with Gasteiger partial charge in [0.2, 0.25) is 0 Å². The minimum Gasteiger partial charge on any atom is -0.493 e. The number of hydrogen-bond donors (Lipinski definition) is 0. The summed E-state index contributed by atoms with van der Waals surface area (Å²) in [6.45, 7) is 10.9. The van der Waals surface area contributed by atoms with Crippen LogP contribution < -0.4 is 4.74 Å². The van der Waals surface area contributed by atoms with Gasteiger partial charge in [-0.15, -0.1) is 0 Å². The van der Waals surface area contributed by atoms with Crippen LogP contribution in [-0.4, -0.2) is 17.3 Å². The van der Waals surface area contributed by atoms with Crippen molar-refractivity contribution in [2.45, 2.75) is 34.6 Å². The number of nitrogens with zero attached hydrogens (tertiary/aromatic N) is 1. The first-order valence-electron chi connectivity index (χ1n) is 8.28. The van der Waals surface area contributed by atoms with Gasteiger partial charge in [-0.2, -0.15) is 0 Å². The van der Waals surface area contributed by atoms with Gasteiger partial charge in [-0.3, -0.25) is 4.79 Å². The predicted octanol–water partition coefficient (Wildman–Crippen LogP) is 5.05. The van der Waals surface area contributed by atoms with Crippen molar-refractivity contribution in [3.05, 3.63) is 58.4 Å². The van der Waals surface area contributed by atoms with Crippen molar-refractivity contribution in [3.8, 4) is 16.9 Å². The van der Waals surface area contributed by atoms with Gasteiger partial charge in [-0.25, -0.2) is 0 Å². The van der Waals surface area contributed by atoms with Gasteiger partial charge in [-0.05, 0) is 86.7 Å². The van der Waals surface area contributed by atoms with Gasteiger partial charge in [0.15, 0.2) is 6.29 Å². The van der Waals surface area contributed by atoms with Gasteiger partial charge in [0.1, 0.15) is 5.75 Å². The zero-order chi connectivity index (χ0) is 17.4. The highest BCUT2D eigenvalue weighted by atomic mass is 16.5. The average molecular weight is 321 g/mol. The maximum absolute atomic E-state index is 11.8. The summed E-state index contributed by atoms with van der Waals surface area (Å²) in [5, 5.41) is 0. The van der Waals surface area contributed by atoms with E-state index in [0.717, 1.165) is 45.4 Å².